The monoisotopic (exact) mass is 466 g/mol. The van der Waals surface area contributed by atoms with Gasteiger partial charge in [0.25, 0.3) is 17.3 Å². The van der Waals surface area contributed by atoms with E-state index in [-0.39, 0.29) is 17.1 Å². The predicted molar refractivity (Wildman–Crippen MR) is 121 cm³/mol. The lowest BCUT2D eigenvalue weighted by Gasteiger charge is -2.05. The lowest BCUT2D eigenvalue weighted by Crippen LogP contribution is -2.15. The van der Waals surface area contributed by atoms with Crippen LogP contribution in [0.25, 0.3) is 21.4 Å². The molecular formula is C21H14N4O7S. The first-order valence-corrected chi connectivity index (χ1v) is 10.1. The number of furan rings is 1. The van der Waals surface area contributed by atoms with Gasteiger partial charge in [-0.25, -0.2) is 5.43 Å². The van der Waals surface area contributed by atoms with E-state index in [9.17, 15) is 25.0 Å². The molecule has 166 valence electrons. The van der Waals surface area contributed by atoms with Crippen LogP contribution in [-0.2, 0) is 0 Å². The first-order chi connectivity index (χ1) is 15.9. The minimum atomic E-state index is -0.521. The number of nitro groups is 2. The molecule has 33 heavy (non-hydrogen) atoms. The molecule has 1 N–H and O–H groups in total. The van der Waals surface area contributed by atoms with Crippen LogP contribution in [0.15, 0.2) is 64.1 Å². The van der Waals surface area contributed by atoms with E-state index in [4.69, 9.17) is 9.15 Å². The number of carbonyl (C=O) groups excluding carboxylic acids is 1. The van der Waals surface area contributed by atoms with Gasteiger partial charge in [-0.2, -0.15) is 5.10 Å². The third kappa shape index (κ3) is 4.55. The lowest BCUT2D eigenvalue weighted by molar-refractivity contribution is -0.385. The Balaban J connectivity index is 1.47. The normalized spacial score (nSPS) is 11.1. The second-order valence-corrected chi connectivity index (χ2v) is 7.72. The zero-order chi connectivity index (χ0) is 23.5. The van der Waals surface area contributed by atoms with Crippen molar-refractivity contribution >= 4 is 44.9 Å². The number of carbonyl (C=O) groups is 1. The number of ether oxygens (including phenoxy) is 1. The smallest absolute Gasteiger partial charge is 0.281 e. The second kappa shape index (κ2) is 8.88. The summed E-state index contributed by atoms with van der Waals surface area (Å²) in [5.41, 5.74) is 2.74. The third-order valence-electron chi connectivity index (χ3n) is 4.58. The Morgan fingerprint density at radius 2 is 1.79 bits per heavy atom. The number of hydrogen-bond donors (Lipinski definition) is 1. The van der Waals surface area contributed by atoms with Crippen molar-refractivity contribution in [3.8, 4) is 17.1 Å². The molecule has 0 spiro atoms. The van der Waals surface area contributed by atoms with E-state index >= 15 is 0 Å². The average molecular weight is 466 g/mol. The Labute approximate surface area is 189 Å². The van der Waals surface area contributed by atoms with Crippen LogP contribution in [0.4, 0.5) is 11.4 Å². The van der Waals surface area contributed by atoms with E-state index in [0.29, 0.717) is 27.3 Å². The van der Waals surface area contributed by atoms with Gasteiger partial charge >= 0.3 is 0 Å². The molecule has 4 aromatic rings. The van der Waals surface area contributed by atoms with Crippen LogP contribution in [0.1, 0.15) is 15.4 Å². The molecule has 0 saturated heterocycles. The Morgan fingerprint density at radius 1 is 1.06 bits per heavy atom. The van der Waals surface area contributed by atoms with Crippen molar-refractivity contribution in [2.75, 3.05) is 7.11 Å². The molecule has 12 heteroatoms. The molecule has 2 aromatic heterocycles. The number of nitro benzene ring substituents is 2. The van der Waals surface area contributed by atoms with Crippen molar-refractivity contribution in [3.05, 3.63) is 85.5 Å². The highest BCUT2D eigenvalue weighted by molar-refractivity contribution is 7.20. The van der Waals surface area contributed by atoms with Gasteiger partial charge in [-0.3, -0.25) is 25.0 Å². The Kier molecular flexibility index (Phi) is 5.83. The molecule has 0 atom stereocenters. The first kappa shape index (κ1) is 21.6. The van der Waals surface area contributed by atoms with Gasteiger partial charge < -0.3 is 9.15 Å². The van der Waals surface area contributed by atoms with Crippen molar-refractivity contribution < 1.29 is 23.8 Å². The molecule has 0 unspecified atom stereocenters. The summed E-state index contributed by atoms with van der Waals surface area (Å²) in [6.07, 6.45) is 1.30. The number of nitrogens with one attached hydrogen (secondary N) is 1. The van der Waals surface area contributed by atoms with Crippen molar-refractivity contribution in [3.63, 3.8) is 0 Å². The summed E-state index contributed by atoms with van der Waals surface area (Å²) in [6, 6.07) is 13.4. The SMILES string of the molecule is COc1cc([N+](=O)[O-])ccc1-c1ccc(C=NNC(=O)c2cc3cc([N+](=O)[O-])ccc3s2)o1. The highest BCUT2D eigenvalue weighted by Crippen LogP contribution is 2.34. The highest BCUT2D eigenvalue weighted by atomic mass is 32.1. The van der Waals surface area contributed by atoms with Crippen LogP contribution in [0.2, 0.25) is 0 Å². The maximum absolute atomic E-state index is 12.4. The van der Waals surface area contributed by atoms with Crippen molar-refractivity contribution in [2.45, 2.75) is 0 Å². The first-order valence-electron chi connectivity index (χ1n) is 9.30. The summed E-state index contributed by atoms with van der Waals surface area (Å²) >= 11 is 1.19. The number of non-ortho nitro benzene ring substituents is 2. The van der Waals surface area contributed by atoms with Crippen LogP contribution >= 0.6 is 11.3 Å². The number of nitrogens with zero attached hydrogens (tertiary/aromatic N) is 3. The fraction of sp³-hybridized carbons (Fsp3) is 0.0476. The number of hydrogen-bond acceptors (Lipinski definition) is 9. The number of thiophene rings is 1. The predicted octanol–water partition coefficient (Wildman–Crippen LogP) is 4.75. The molecule has 11 nitrogen and oxygen atoms in total. The van der Waals surface area contributed by atoms with Gasteiger partial charge in [0, 0.05) is 28.3 Å². The second-order valence-electron chi connectivity index (χ2n) is 6.63. The van der Waals surface area contributed by atoms with Gasteiger partial charge in [0.05, 0.1) is 39.7 Å². The number of amides is 1. The number of rotatable bonds is 7. The molecular weight excluding hydrogens is 452 g/mol. The van der Waals surface area contributed by atoms with E-state index in [1.165, 1.54) is 55.0 Å². The molecule has 0 saturated carbocycles. The number of hydrazone groups is 1. The van der Waals surface area contributed by atoms with Crippen LogP contribution in [0, 0.1) is 20.2 Å². The van der Waals surface area contributed by atoms with E-state index in [2.05, 4.69) is 10.5 Å². The molecule has 2 heterocycles. The van der Waals surface area contributed by atoms with Crippen LogP contribution in [0.5, 0.6) is 5.75 Å². The molecule has 0 aliphatic rings. The molecule has 0 aliphatic heterocycles. The Bertz CT molecular complexity index is 1420. The Hall–Kier alpha value is -4.58. The molecule has 2 aromatic carbocycles. The quantitative estimate of drug-likeness (QED) is 0.234. The fourth-order valence-corrected chi connectivity index (χ4v) is 3.96. The Morgan fingerprint density at radius 3 is 2.52 bits per heavy atom. The van der Waals surface area contributed by atoms with Crippen LogP contribution in [0.3, 0.4) is 0 Å². The molecule has 0 fully saturated rings. The molecule has 0 bridgehead atoms. The minimum absolute atomic E-state index is 0.0523. The van der Waals surface area contributed by atoms with Gasteiger partial charge in [0.1, 0.15) is 17.3 Å². The number of fused-ring (bicyclic) bond motifs is 1. The van der Waals surface area contributed by atoms with Crippen molar-refractivity contribution in [1.82, 2.24) is 5.43 Å². The van der Waals surface area contributed by atoms with Gasteiger partial charge in [-0.05, 0) is 30.3 Å². The lowest BCUT2D eigenvalue weighted by atomic mass is 10.1. The van der Waals surface area contributed by atoms with Gasteiger partial charge in [-0.1, -0.05) is 0 Å². The zero-order valence-corrected chi connectivity index (χ0v) is 17.7. The summed E-state index contributed by atoms with van der Waals surface area (Å²) in [7, 11) is 1.40. The van der Waals surface area contributed by atoms with Crippen LogP contribution < -0.4 is 10.2 Å². The highest BCUT2D eigenvalue weighted by Gasteiger charge is 2.16. The topological polar surface area (TPSA) is 150 Å². The number of benzene rings is 2. The van der Waals surface area contributed by atoms with E-state index in [1.807, 2.05) is 0 Å². The van der Waals surface area contributed by atoms with Gasteiger partial charge in [0.15, 0.2) is 0 Å². The fourth-order valence-electron chi connectivity index (χ4n) is 3.03. The molecule has 0 aliphatic carbocycles. The summed E-state index contributed by atoms with van der Waals surface area (Å²) < 4.78 is 11.6. The van der Waals surface area contributed by atoms with Crippen molar-refractivity contribution in [1.29, 1.82) is 0 Å². The largest absolute Gasteiger partial charge is 0.496 e. The van der Waals surface area contributed by atoms with E-state index in [1.54, 1.807) is 24.3 Å². The van der Waals surface area contributed by atoms with Gasteiger partial charge in [-0.15, -0.1) is 11.3 Å². The maximum atomic E-state index is 12.4. The van der Waals surface area contributed by atoms with E-state index in [0.717, 1.165) is 4.70 Å². The van der Waals surface area contributed by atoms with Crippen molar-refractivity contribution in [2.24, 2.45) is 5.10 Å². The molecule has 0 radical (unpaired) electrons. The zero-order valence-electron chi connectivity index (χ0n) is 16.9. The summed E-state index contributed by atoms with van der Waals surface area (Å²) in [5.74, 6) is 0.539. The van der Waals surface area contributed by atoms with Crippen LogP contribution in [-0.4, -0.2) is 29.1 Å². The third-order valence-corrected chi connectivity index (χ3v) is 5.70. The molecule has 1 amide bonds. The van der Waals surface area contributed by atoms with E-state index < -0.39 is 15.8 Å². The average Bonchev–Trinajstić information content (AvgIpc) is 3.45. The summed E-state index contributed by atoms with van der Waals surface area (Å²) in [5, 5.41) is 26.3. The summed E-state index contributed by atoms with van der Waals surface area (Å²) in [4.78, 5) is 33.5. The molecule has 4 rings (SSSR count). The maximum Gasteiger partial charge on any atom is 0.281 e. The summed E-state index contributed by atoms with van der Waals surface area (Å²) in [6.45, 7) is 0. The number of methoxy groups -OCH3 is 1. The van der Waals surface area contributed by atoms with Gasteiger partial charge in [0.2, 0.25) is 0 Å². The standard InChI is InChI=1S/C21H14N4O7S/c1-31-18-10-14(25(29)30)2-5-16(18)17-6-4-15(32-17)11-22-23-21(26)20-9-12-8-13(24(27)28)3-7-19(12)33-20/h2-11H,1H3,(H,23,26). The minimum Gasteiger partial charge on any atom is -0.496 e.